The molecule has 0 aromatic carbocycles. The number of carboxylic acid groups (broad SMARTS) is 1. The molecule has 0 aliphatic heterocycles. The first-order chi connectivity index (χ1) is 8.29. The lowest BCUT2D eigenvalue weighted by Gasteiger charge is -2.28. The zero-order valence-corrected chi connectivity index (χ0v) is 12.1. The molecule has 0 saturated carbocycles. The van der Waals surface area contributed by atoms with Crippen molar-refractivity contribution in [1.82, 2.24) is 10.2 Å². The van der Waals surface area contributed by atoms with Crippen molar-refractivity contribution in [2.45, 2.75) is 40.5 Å². The molecule has 0 rings (SSSR count). The number of urea groups is 1. The third kappa shape index (κ3) is 4.55. The minimum Gasteiger partial charge on any atom is -0.481 e. The fraction of sp³-hybridized carbons (Fsp3) is 0.846. The van der Waals surface area contributed by atoms with Gasteiger partial charge < -0.3 is 15.3 Å². The number of carbonyl (C=O) groups excluding carboxylic acids is 1. The highest BCUT2D eigenvalue weighted by Gasteiger charge is 2.35. The van der Waals surface area contributed by atoms with Gasteiger partial charge in [-0.1, -0.05) is 27.7 Å². The van der Waals surface area contributed by atoms with E-state index in [1.165, 1.54) is 0 Å². The van der Waals surface area contributed by atoms with Crippen LogP contribution in [0.25, 0.3) is 0 Å². The first-order valence-corrected chi connectivity index (χ1v) is 6.51. The van der Waals surface area contributed by atoms with Gasteiger partial charge in [-0.05, 0) is 18.8 Å². The van der Waals surface area contributed by atoms with Crippen LogP contribution in [-0.2, 0) is 4.79 Å². The lowest BCUT2D eigenvalue weighted by atomic mass is 9.82. The van der Waals surface area contributed by atoms with Gasteiger partial charge in [0.25, 0.3) is 0 Å². The maximum atomic E-state index is 11.8. The molecular weight excluding hydrogens is 232 g/mol. The fourth-order valence-electron chi connectivity index (χ4n) is 1.89. The van der Waals surface area contributed by atoms with Crippen molar-refractivity contribution in [3.63, 3.8) is 0 Å². The monoisotopic (exact) mass is 258 g/mol. The number of hydrogen-bond donors (Lipinski definition) is 2. The summed E-state index contributed by atoms with van der Waals surface area (Å²) in [5.74, 6) is -0.457. The Bertz CT molecular complexity index is 286. The number of carboxylic acids is 1. The highest BCUT2D eigenvalue weighted by Crippen LogP contribution is 2.25. The molecule has 2 amide bonds. The molecule has 0 unspecified atom stereocenters. The van der Waals surface area contributed by atoms with Crippen LogP contribution in [0.1, 0.15) is 40.5 Å². The quantitative estimate of drug-likeness (QED) is 0.735. The van der Waals surface area contributed by atoms with Crippen molar-refractivity contribution in [2.75, 3.05) is 20.1 Å². The van der Waals surface area contributed by atoms with Crippen LogP contribution in [-0.4, -0.2) is 42.1 Å². The minimum atomic E-state index is -0.853. The second-order valence-electron chi connectivity index (χ2n) is 5.23. The molecule has 0 saturated heterocycles. The van der Waals surface area contributed by atoms with Gasteiger partial charge in [-0.2, -0.15) is 0 Å². The molecule has 5 heteroatoms. The van der Waals surface area contributed by atoms with Crippen molar-refractivity contribution in [2.24, 2.45) is 11.3 Å². The van der Waals surface area contributed by atoms with Gasteiger partial charge >= 0.3 is 12.0 Å². The number of nitrogens with one attached hydrogen (secondary N) is 1. The summed E-state index contributed by atoms with van der Waals surface area (Å²) in [5.41, 5.74) is -0.853. The molecule has 0 spiro atoms. The summed E-state index contributed by atoms with van der Waals surface area (Å²) in [6, 6.07) is -0.212. The Morgan fingerprint density at radius 1 is 1.28 bits per heavy atom. The summed E-state index contributed by atoms with van der Waals surface area (Å²) >= 11 is 0. The minimum absolute atomic E-state index is 0.177. The largest absolute Gasteiger partial charge is 0.481 e. The molecule has 2 N–H and O–H groups in total. The van der Waals surface area contributed by atoms with Crippen LogP contribution in [0.5, 0.6) is 0 Å². The van der Waals surface area contributed by atoms with Gasteiger partial charge in [0.2, 0.25) is 0 Å². The lowest BCUT2D eigenvalue weighted by Crippen LogP contribution is -2.47. The summed E-state index contributed by atoms with van der Waals surface area (Å²) in [4.78, 5) is 24.7. The molecule has 0 heterocycles. The predicted octanol–water partition coefficient (Wildman–Crippen LogP) is 2.17. The van der Waals surface area contributed by atoms with E-state index in [2.05, 4.69) is 5.32 Å². The summed E-state index contributed by atoms with van der Waals surface area (Å²) in [5, 5.41) is 12.0. The highest BCUT2D eigenvalue weighted by atomic mass is 16.4. The molecule has 0 aromatic heterocycles. The number of rotatable bonds is 7. The Morgan fingerprint density at radius 2 is 1.78 bits per heavy atom. The second-order valence-corrected chi connectivity index (χ2v) is 5.23. The third-order valence-corrected chi connectivity index (χ3v) is 3.37. The van der Waals surface area contributed by atoms with Crippen molar-refractivity contribution in [3.8, 4) is 0 Å². The lowest BCUT2D eigenvalue weighted by molar-refractivity contribution is -0.149. The normalized spacial score (nSPS) is 11.4. The molecule has 0 fully saturated rings. The van der Waals surface area contributed by atoms with E-state index >= 15 is 0 Å². The van der Waals surface area contributed by atoms with Crippen molar-refractivity contribution < 1.29 is 14.7 Å². The van der Waals surface area contributed by atoms with Gasteiger partial charge in [0, 0.05) is 20.1 Å². The zero-order chi connectivity index (χ0) is 14.3. The third-order valence-electron chi connectivity index (χ3n) is 3.37. The van der Waals surface area contributed by atoms with Crippen LogP contribution in [0, 0.1) is 11.3 Å². The molecule has 0 bridgehead atoms. The van der Waals surface area contributed by atoms with E-state index < -0.39 is 11.4 Å². The number of hydrogen-bond acceptors (Lipinski definition) is 2. The topological polar surface area (TPSA) is 69.6 Å². The summed E-state index contributed by atoms with van der Waals surface area (Å²) in [6.07, 6.45) is 1.01. The Morgan fingerprint density at radius 3 is 2.11 bits per heavy atom. The van der Waals surface area contributed by atoms with Crippen LogP contribution < -0.4 is 5.32 Å². The number of amides is 2. The number of carbonyl (C=O) groups is 2. The van der Waals surface area contributed by atoms with E-state index in [1.807, 2.05) is 27.7 Å². The second kappa shape index (κ2) is 7.24. The first kappa shape index (κ1) is 16.7. The Kier molecular flexibility index (Phi) is 6.73. The average Bonchev–Trinajstić information content (AvgIpc) is 2.29. The predicted molar refractivity (Wildman–Crippen MR) is 71.5 cm³/mol. The molecule has 0 aliphatic carbocycles. The summed E-state index contributed by atoms with van der Waals surface area (Å²) in [6.45, 7) is 8.57. The fourth-order valence-corrected chi connectivity index (χ4v) is 1.89. The molecule has 5 nitrogen and oxygen atoms in total. The van der Waals surface area contributed by atoms with E-state index in [0.29, 0.717) is 25.3 Å². The Balaban J connectivity index is 4.45. The van der Waals surface area contributed by atoms with Gasteiger partial charge in [0.1, 0.15) is 0 Å². The van der Waals surface area contributed by atoms with Crippen molar-refractivity contribution in [1.29, 1.82) is 0 Å². The zero-order valence-electron chi connectivity index (χ0n) is 12.1. The van der Waals surface area contributed by atoms with Crippen molar-refractivity contribution >= 4 is 12.0 Å². The average molecular weight is 258 g/mol. The van der Waals surface area contributed by atoms with Gasteiger partial charge in [0.05, 0.1) is 5.41 Å². The first-order valence-electron chi connectivity index (χ1n) is 6.51. The maximum Gasteiger partial charge on any atom is 0.317 e. The molecule has 0 aliphatic rings. The number of nitrogens with zero attached hydrogens (tertiary/aromatic N) is 1. The highest BCUT2D eigenvalue weighted by molar-refractivity contribution is 5.78. The van der Waals surface area contributed by atoms with Gasteiger partial charge in [0.15, 0.2) is 0 Å². The molecule has 0 radical (unpaired) electrons. The maximum absolute atomic E-state index is 11.8. The number of aliphatic carboxylic acids is 1. The van der Waals surface area contributed by atoms with E-state index in [0.717, 1.165) is 0 Å². The van der Waals surface area contributed by atoms with Gasteiger partial charge in [-0.15, -0.1) is 0 Å². The molecule has 0 atom stereocenters. The van der Waals surface area contributed by atoms with Gasteiger partial charge in [-0.3, -0.25) is 4.79 Å². The van der Waals surface area contributed by atoms with E-state index in [1.54, 1.807) is 11.9 Å². The van der Waals surface area contributed by atoms with E-state index in [4.69, 9.17) is 0 Å². The van der Waals surface area contributed by atoms with Crippen LogP contribution in [0.15, 0.2) is 0 Å². The van der Waals surface area contributed by atoms with E-state index in [-0.39, 0.29) is 12.6 Å². The van der Waals surface area contributed by atoms with Crippen LogP contribution >= 0.6 is 0 Å². The van der Waals surface area contributed by atoms with Crippen LogP contribution in [0.4, 0.5) is 4.79 Å². The molecular formula is C13H26N2O3. The SMILES string of the molecule is CCC(CC)(CNC(=O)N(C)CC(C)C)C(=O)O. The van der Waals surface area contributed by atoms with Gasteiger partial charge in [-0.25, -0.2) is 4.79 Å². The van der Waals surface area contributed by atoms with Crippen LogP contribution in [0.3, 0.4) is 0 Å². The molecule has 18 heavy (non-hydrogen) atoms. The summed E-state index contributed by atoms with van der Waals surface area (Å²) in [7, 11) is 1.72. The van der Waals surface area contributed by atoms with Crippen molar-refractivity contribution in [3.05, 3.63) is 0 Å². The Hall–Kier alpha value is -1.26. The Labute approximate surface area is 110 Å². The van der Waals surface area contributed by atoms with E-state index in [9.17, 15) is 14.7 Å². The molecule has 106 valence electrons. The molecule has 0 aromatic rings. The standard InChI is InChI=1S/C13H26N2O3/c1-6-13(7-2,11(16)17)9-14-12(18)15(5)8-10(3)4/h10H,6-9H2,1-5H3,(H,14,18)(H,16,17). The summed E-state index contributed by atoms with van der Waals surface area (Å²) < 4.78 is 0. The smallest absolute Gasteiger partial charge is 0.317 e. The van der Waals surface area contributed by atoms with Crippen LogP contribution in [0.2, 0.25) is 0 Å².